The molecule has 3 unspecified atom stereocenters. The highest BCUT2D eigenvalue weighted by Gasteiger charge is 2.43. The zero-order valence-corrected chi connectivity index (χ0v) is 10.9. The number of fused-ring (bicyclic) bond motifs is 1. The van der Waals surface area contributed by atoms with Crippen molar-refractivity contribution in [3.63, 3.8) is 0 Å². The van der Waals surface area contributed by atoms with Crippen molar-refractivity contribution in [2.24, 2.45) is 5.92 Å². The maximum Gasteiger partial charge on any atom is 0.0852 e. The number of nitrogens with one attached hydrogen (secondary N) is 2. The van der Waals surface area contributed by atoms with E-state index in [1.54, 1.807) is 0 Å². The molecule has 0 saturated carbocycles. The van der Waals surface area contributed by atoms with Gasteiger partial charge in [0.25, 0.3) is 0 Å². The Labute approximate surface area is 109 Å². The molecule has 0 spiro atoms. The molecule has 1 aromatic rings. The van der Waals surface area contributed by atoms with Crippen molar-refractivity contribution in [2.75, 3.05) is 13.1 Å². The Kier molecular flexibility index (Phi) is 3.14. The van der Waals surface area contributed by atoms with Crippen LogP contribution in [0.2, 0.25) is 0 Å². The molecule has 2 aliphatic rings. The summed E-state index contributed by atoms with van der Waals surface area (Å²) in [6.07, 6.45) is 1.78. The van der Waals surface area contributed by atoms with Gasteiger partial charge in [-0.05, 0) is 36.4 Å². The van der Waals surface area contributed by atoms with Gasteiger partial charge in [-0.25, -0.2) is 0 Å². The van der Waals surface area contributed by atoms with Crippen LogP contribution in [0.3, 0.4) is 0 Å². The molecule has 0 amide bonds. The van der Waals surface area contributed by atoms with Gasteiger partial charge >= 0.3 is 0 Å². The van der Waals surface area contributed by atoms with Crippen molar-refractivity contribution >= 4 is 0 Å². The first kappa shape index (κ1) is 12.2. The predicted octanol–water partition coefficient (Wildman–Crippen LogP) is 1.06. The molecule has 2 heterocycles. The van der Waals surface area contributed by atoms with Crippen LogP contribution in [0.15, 0.2) is 24.3 Å². The molecule has 1 fully saturated rings. The van der Waals surface area contributed by atoms with E-state index in [-0.39, 0.29) is 6.04 Å². The normalized spacial score (nSPS) is 36.1. The third kappa shape index (κ3) is 1.96. The molecule has 3 nitrogen and oxygen atoms in total. The van der Waals surface area contributed by atoms with Crippen LogP contribution < -0.4 is 10.6 Å². The molecule has 3 atom stereocenters. The van der Waals surface area contributed by atoms with E-state index in [0.29, 0.717) is 5.92 Å². The Morgan fingerprint density at radius 2 is 2.06 bits per heavy atom. The fourth-order valence-electron chi connectivity index (χ4n) is 3.36. The van der Waals surface area contributed by atoms with E-state index in [4.69, 9.17) is 0 Å². The van der Waals surface area contributed by atoms with Crippen LogP contribution in [0.25, 0.3) is 0 Å². The molecule has 1 aromatic carbocycles. The van der Waals surface area contributed by atoms with E-state index in [2.05, 4.69) is 41.8 Å². The summed E-state index contributed by atoms with van der Waals surface area (Å²) in [5, 5.41) is 17.9. The van der Waals surface area contributed by atoms with Crippen molar-refractivity contribution < 1.29 is 5.11 Å². The minimum Gasteiger partial charge on any atom is -0.388 e. The Bertz CT molecular complexity index is 434. The summed E-state index contributed by atoms with van der Waals surface area (Å²) in [4.78, 5) is 0. The molecular formula is C15H22N2O. The fraction of sp³-hybridized carbons (Fsp3) is 0.600. The monoisotopic (exact) mass is 246 g/mol. The van der Waals surface area contributed by atoms with Gasteiger partial charge < -0.3 is 15.7 Å². The molecule has 18 heavy (non-hydrogen) atoms. The Hall–Kier alpha value is -0.900. The predicted molar refractivity (Wildman–Crippen MR) is 72.4 cm³/mol. The first-order chi connectivity index (χ1) is 8.70. The lowest BCUT2D eigenvalue weighted by Crippen LogP contribution is -2.62. The summed E-state index contributed by atoms with van der Waals surface area (Å²) in [7, 11) is 0. The third-order valence-electron chi connectivity index (χ3n) is 4.69. The van der Waals surface area contributed by atoms with E-state index < -0.39 is 5.60 Å². The van der Waals surface area contributed by atoms with E-state index in [1.807, 2.05) is 0 Å². The SMILES string of the molecule is CC1CNCCC1(O)C1Cc2ccccc2CN1. The van der Waals surface area contributed by atoms with Crippen LogP contribution in [0, 0.1) is 5.92 Å². The van der Waals surface area contributed by atoms with Gasteiger partial charge in [-0.1, -0.05) is 31.2 Å². The van der Waals surface area contributed by atoms with E-state index in [0.717, 1.165) is 32.5 Å². The molecule has 2 aliphatic heterocycles. The standard InChI is InChI=1S/C15H22N2O/c1-11-9-16-7-6-15(11,18)14-8-12-4-2-3-5-13(12)10-17-14/h2-5,11,14,16-18H,6-10H2,1H3. The molecule has 0 aromatic heterocycles. The second-order valence-electron chi connectivity index (χ2n) is 5.75. The minimum absolute atomic E-state index is 0.185. The average molecular weight is 246 g/mol. The number of benzene rings is 1. The maximum atomic E-state index is 11.0. The molecule has 0 bridgehead atoms. The van der Waals surface area contributed by atoms with E-state index >= 15 is 0 Å². The Balaban J connectivity index is 1.82. The lowest BCUT2D eigenvalue weighted by molar-refractivity contribution is -0.0662. The lowest BCUT2D eigenvalue weighted by Gasteiger charge is -2.46. The van der Waals surface area contributed by atoms with Crippen molar-refractivity contribution in [1.29, 1.82) is 0 Å². The van der Waals surface area contributed by atoms with Gasteiger partial charge in [-0.2, -0.15) is 0 Å². The van der Waals surface area contributed by atoms with Gasteiger partial charge in [-0.3, -0.25) is 0 Å². The Morgan fingerprint density at radius 1 is 1.28 bits per heavy atom. The molecule has 1 saturated heterocycles. The highest BCUT2D eigenvalue weighted by molar-refractivity contribution is 5.31. The van der Waals surface area contributed by atoms with E-state index in [9.17, 15) is 5.11 Å². The molecule has 98 valence electrons. The van der Waals surface area contributed by atoms with Crippen LogP contribution >= 0.6 is 0 Å². The van der Waals surface area contributed by atoms with Gasteiger partial charge in [0, 0.05) is 19.1 Å². The minimum atomic E-state index is -0.571. The molecule has 0 radical (unpaired) electrons. The summed E-state index contributed by atoms with van der Waals surface area (Å²) in [6, 6.07) is 8.73. The van der Waals surface area contributed by atoms with Gasteiger partial charge in [0.1, 0.15) is 0 Å². The highest BCUT2D eigenvalue weighted by atomic mass is 16.3. The summed E-state index contributed by atoms with van der Waals surface area (Å²) in [5.74, 6) is 0.300. The topological polar surface area (TPSA) is 44.3 Å². The van der Waals surface area contributed by atoms with Crippen LogP contribution in [0.4, 0.5) is 0 Å². The zero-order chi connectivity index (χ0) is 12.6. The van der Waals surface area contributed by atoms with Gasteiger partial charge in [0.2, 0.25) is 0 Å². The van der Waals surface area contributed by atoms with Crippen LogP contribution in [-0.4, -0.2) is 29.8 Å². The van der Waals surface area contributed by atoms with Gasteiger partial charge in [-0.15, -0.1) is 0 Å². The quantitative estimate of drug-likeness (QED) is 0.694. The largest absolute Gasteiger partial charge is 0.388 e. The summed E-state index contributed by atoms with van der Waals surface area (Å²) in [5.41, 5.74) is 2.19. The number of hydrogen-bond acceptors (Lipinski definition) is 3. The van der Waals surface area contributed by atoms with Gasteiger partial charge in [0.05, 0.1) is 5.60 Å². The zero-order valence-electron chi connectivity index (χ0n) is 10.9. The lowest BCUT2D eigenvalue weighted by atomic mass is 9.74. The number of hydrogen-bond donors (Lipinski definition) is 3. The maximum absolute atomic E-state index is 11.0. The molecule has 0 aliphatic carbocycles. The second-order valence-corrected chi connectivity index (χ2v) is 5.75. The number of rotatable bonds is 1. The molecular weight excluding hydrogens is 224 g/mol. The third-order valence-corrected chi connectivity index (χ3v) is 4.69. The van der Waals surface area contributed by atoms with Crippen molar-refractivity contribution in [1.82, 2.24) is 10.6 Å². The summed E-state index contributed by atoms with van der Waals surface area (Å²) in [6.45, 7) is 4.86. The average Bonchev–Trinajstić information content (AvgIpc) is 2.42. The molecule has 3 heteroatoms. The smallest absolute Gasteiger partial charge is 0.0852 e. The first-order valence-electron chi connectivity index (χ1n) is 6.93. The van der Waals surface area contributed by atoms with Crippen molar-refractivity contribution in [3.05, 3.63) is 35.4 Å². The Morgan fingerprint density at radius 3 is 2.83 bits per heavy atom. The summed E-state index contributed by atoms with van der Waals surface area (Å²) < 4.78 is 0. The summed E-state index contributed by atoms with van der Waals surface area (Å²) >= 11 is 0. The number of piperidine rings is 1. The van der Waals surface area contributed by atoms with Crippen molar-refractivity contribution in [3.8, 4) is 0 Å². The number of aliphatic hydroxyl groups is 1. The first-order valence-corrected chi connectivity index (χ1v) is 6.93. The van der Waals surface area contributed by atoms with E-state index in [1.165, 1.54) is 11.1 Å². The molecule has 3 N–H and O–H groups in total. The van der Waals surface area contributed by atoms with Crippen LogP contribution in [0.1, 0.15) is 24.5 Å². The van der Waals surface area contributed by atoms with Crippen LogP contribution in [-0.2, 0) is 13.0 Å². The molecule has 3 rings (SSSR count). The van der Waals surface area contributed by atoms with Crippen LogP contribution in [0.5, 0.6) is 0 Å². The highest BCUT2D eigenvalue weighted by Crippen LogP contribution is 2.32. The van der Waals surface area contributed by atoms with Gasteiger partial charge in [0.15, 0.2) is 0 Å². The van der Waals surface area contributed by atoms with Crippen molar-refractivity contribution in [2.45, 2.75) is 38.0 Å². The fourth-order valence-corrected chi connectivity index (χ4v) is 3.36. The second kappa shape index (κ2) is 4.65.